The molecule has 0 bridgehead atoms. The van der Waals surface area contributed by atoms with Gasteiger partial charge in [0.15, 0.2) is 5.82 Å². The van der Waals surface area contributed by atoms with E-state index in [2.05, 4.69) is 22.0 Å². The molecule has 9 heteroatoms. The first-order valence-electron chi connectivity index (χ1n) is 11.4. The first-order valence-corrected chi connectivity index (χ1v) is 11.4. The molecule has 4 heterocycles. The number of aromatic nitrogens is 5. The van der Waals surface area contributed by atoms with E-state index < -0.39 is 0 Å². The zero-order valence-corrected chi connectivity index (χ0v) is 19.0. The van der Waals surface area contributed by atoms with Crippen molar-refractivity contribution in [3.8, 4) is 23.4 Å². The van der Waals surface area contributed by atoms with Crippen LogP contribution < -0.4 is 5.69 Å². The molecule has 6 rings (SSSR count). The molecule has 0 spiro atoms. The van der Waals surface area contributed by atoms with Crippen LogP contribution in [-0.2, 0) is 26.1 Å². The van der Waals surface area contributed by atoms with Gasteiger partial charge in [0, 0.05) is 23.2 Å². The van der Waals surface area contributed by atoms with Crippen molar-refractivity contribution in [1.82, 2.24) is 23.9 Å². The van der Waals surface area contributed by atoms with E-state index in [-0.39, 0.29) is 30.5 Å². The largest absolute Gasteiger partial charge is 0.493 e. The summed E-state index contributed by atoms with van der Waals surface area (Å²) in [4.78, 5) is 17.2. The molecule has 8 nitrogen and oxygen atoms in total. The number of imidazole rings is 1. The first kappa shape index (κ1) is 21.1. The summed E-state index contributed by atoms with van der Waals surface area (Å²) in [6.45, 7) is 2.82. The summed E-state index contributed by atoms with van der Waals surface area (Å²) in [5.41, 5.74) is 3.54. The van der Waals surface area contributed by atoms with Crippen molar-refractivity contribution in [2.24, 2.45) is 4.99 Å². The van der Waals surface area contributed by atoms with Crippen LogP contribution in [-0.4, -0.2) is 34.7 Å². The maximum absolute atomic E-state index is 14.8. The standard InChI is InChI=1S/C26H21FN6O2/c1-16-29-30-23-15-28-24(18-7-2-3-8-20(18)27)19-14-17(10-11-21(19)33(16)23)6-4-13-32-25(34)22-9-5-12-31(22)26(32)35/h2-3,7-8,10-11,14,34H,5,9,12-13,15H2,1H3. The Morgan fingerprint density at radius 2 is 2.00 bits per heavy atom. The Balaban J connectivity index is 1.42. The Morgan fingerprint density at radius 3 is 2.83 bits per heavy atom. The fourth-order valence-corrected chi connectivity index (χ4v) is 4.81. The zero-order chi connectivity index (χ0) is 24.1. The van der Waals surface area contributed by atoms with Crippen molar-refractivity contribution in [3.63, 3.8) is 0 Å². The molecule has 35 heavy (non-hydrogen) atoms. The molecule has 174 valence electrons. The normalized spacial score (nSPS) is 13.8. The highest BCUT2D eigenvalue weighted by Crippen LogP contribution is 2.27. The van der Waals surface area contributed by atoms with Gasteiger partial charge in [-0.05, 0) is 50.1 Å². The number of aryl methyl sites for hydroxylation is 1. The van der Waals surface area contributed by atoms with Crippen LogP contribution in [0.25, 0.3) is 5.69 Å². The van der Waals surface area contributed by atoms with Gasteiger partial charge in [-0.1, -0.05) is 24.0 Å². The van der Waals surface area contributed by atoms with E-state index in [1.807, 2.05) is 29.7 Å². The summed E-state index contributed by atoms with van der Waals surface area (Å²) in [5.74, 6) is 7.09. The second-order valence-corrected chi connectivity index (χ2v) is 8.57. The number of hydrogen-bond acceptors (Lipinski definition) is 5. The van der Waals surface area contributed by atoms with Crippen LogP contribution in [0.5, 0.6) is 5.88 Å². The maximum Gasteiger partial charge on any atom is 0.332 e. The van der Waals surface area contributed by atoms with Crippen LogP contribution in [0.1, 0.15) is 40.5 Å². The molecular formula is C26H21FN6O2. The monoisotopic (exact) mass is 468 g/mol. The van der Waals surface area contributed by atoms with Gasteiger partial charge in [0.2, 0.25) is 5.88 Å². The summed E-state index contributed by atoms with van der Waals surface area (Å²) in [7, 11) is 0. The van der Waals surface area contributed by atoms with Crippen molar-refractivity contribution in [1.29, 1.82) is 0 Å². The lowest BCUT2D eigenvalue weighted by atomic mass is 9.98. The molecule has 0 saturated carbocycles. The summed E-state index contributed by atoms with van der Waals surface area (Å²) >= 11 is 0. The molecular weight excluding hydrogens is 447 g/mol. The average Bonchev–Trinajstić information content (AvgIpc) is 3.51. The molecule has 2 aliphatic rings. The Labute approximate surface area is 200 Å². The highest BCUT2D eigenvalue weighted by Gasteiger charge is 2.24. The Morgan fingerprint density at radius 1 is 1.14 bits per heavy atom. The van der Waals surface area contributed by atoms with E-state index >= 15 is 0 Å². The van der Waals surface area contributed by atoms with E-state index in [1.54, 1.807) is 22.8 Å². The number of nitrogens with zero attached hydrogens (tertiary/aromatic N) is 6. The lowest BCUT2D eigenvalue weighted by molar-refractivity contribution is 0.418. The van der Waals surface area contributed by atoms with Crippen molar-refractivity contribution in [2.45, 2.75) is 39.4 Å². The SMILES string of the molecule is Cc1nnc2n1-c1ccc(C#CCn3c(O)c4n(c3=O)CCC4)cc1C(c1ccccc1F)=NC2. The Hall–Kier alpha value is -4.45. The lowest BCUT2D eigenvalue weighted by Crippen LogP contribution is -2.23. The van der Waals surface area contributed by atoms with Gasteiger partial charge in [-0.3, -0.25) is 18.7 Å². The number of halogens is 1. The number of benzene rings is 2. The van der Waals surface area contributed by atoms with Crippen molar-refractivity contribution in [3.05, 3.63) is 92.8 Å². The predicted octanol–water partition coefficient (Wildman–Crippen LogP) is 2.73. The minimum absolute atomic E-state index is 0.00619. The summed E-state index contributed by atoms with van der Waals surface area (Å²) < 4.78 is 19.6. The first-order chi connectivity index (χ1) is 17.0. The van der Waals surface area contributed by atoms with Gasteiger partial charge in [-0.2, -0.15) is 0 Å². The molecule has 2 aromatic heterocycles. The molecule has 0 amide bonds. The number of fused-ring (bicyclic) bond motifs is 4. The third-order valence-electron chi connectivity index (χ3n) is 6.46. The van der Waals surface area contributed by atoms with Crippen LogP contribution in [0, 0.1) is 24.6 Å². The molecule has 0 unspecified atom stereocenters. The number of hydrogen-bond donors (Lipinski definition) is 1. The molecule has 0 fully saturated rings. The minimum atomic E-state index is -0.361. The maximum atomic E-state index is 14.8. The molecule has 1 N–H and O–H groups in total. The van der Waals surface area contributed by atoms with E-state index in [0.717, 1.165) is 12.1 Å². The van der Waals surface area contributed by atoms with Gasteiger partial charge in [0.25, 0.3) is 0 Å². The van der Waals surface area contributed by atoms with Crippen LogP contribution in [0.15, 0.2) is 52.3 Å². The van der Waals surface area contributed by atoms with Gasteiger partial charge in [0.05, 0.1) is 23.6 Å². The Kier molecular flexibility index (Phi) is 4.88. The van der Waals surface area contributed by atoms with Crippen LogP contribution >= 0.6 is 0 Å². The molecule has 0 atom stereocenters. The van der Waals surface area contributed by atoms with E-state index in [4.69, 9.17) is 4.99 Å². The summed E-state index contributed by atoms with van der Waals surface area (Å²) in [5, 5.41) is 18.8. The highest BCUT2D eigenvalue weighted by molar-refractivity contribution is 6.15. The molecule has 2 aliphatic heterocycles. The van der Waals surface area contributed by atoms with Crippen LogP contribution in [0.4, 0.5) is 4.39 Å². The number of aromatic hydroxyl groups is 1. The third-order valence-corrected chi connectivity index (χ3v) is 6.46. The molecule has 0 aliphatic carbocycles. The molecule has 4 aromatic rings. The molecule has 0 saturated heterocycles. The number of aliphatic imine (C=N–C) groups is 1. The van der Waals surface area contributed by atoms with Crippen LogP contribution in [0.3, 0.4) is 0 Å². The molecule has 0 radical (unpaired) electrons. The molecule has 2 aromatic carbocycles. The second kappa shape index (κ2) is 8.09. The van der Waals surface area contributed by atoms with Crippen molar-refractivity contribution >= 4 is 5.71 Å². The second-order valence-electron chi connectivity index (χ2n) is 8.57. The third kappa shape index (κ3) is 3.37. The fourth-order valence-electron chi connectivity index (χ4n) is 4.81. The van der Waals surface area contributed by atoms with Crippen molar-refractivity contribution in [2.75, 3.05) is 0 Å². The number of rotatable bonds is 2. The zero-order valence-electron chi connectivity index (χ0n) is 19.0. The predicted molar refractivity (Wildman–Crippen MR) is 127 cm³/mol. The summed E-state index contributed by atoms with van der Waals surface area (Å²) in [6, 6.07) is 12.2. The van der Waals surface area contributed by atoms with E-state index in [9.17, 15) is 14.3 Å². The topological polar surface area (TPSA) is 90.2 Å². The van der Waals surface area contributed by atoms with E-state index in [0.29, 0.717) is 52.7 Å². The average molecular weight is 468 g/mol. The van der Waals surface area contributed by atoms with E-state index in [1.165, 1.54) is 10.6 Å². The van der Waals surface area contributed by atoms with Crippen LogP contribution in [0.2, 0.25) is 0 Å². The summed E-state index contributed by atoms with van der Waals surface area (Å²) in [6.07, 6.45) is 1.55. The minimum Gasteiger partial charge on any atom is -0.493 e. The lowest BCUT2D eigenvalue weighted by Gasteiger charge is -2.13. The smallest absolute Gasteiger partial charge is 0.332 e. The highest BCUT2D eigenvalue weighted by atomic mass is 19.1. The van der Waals surface area contributed by atoms with Gasteiger partial charge >= 0.3 is 5.69 Å². The van der Waals surface area contributed by atoms with Gasteiger partial charge < -0.3 is 5.11 Å². The van der Waals surface area contributed by atoms with Crippen molar-refractivity contribution < 1.29 is 9.50 Å². The quantitative estimate of drug-likeness (QED) is 0.458. The van der Waals surface area contributed by atoms with Gasteiger partial charge in [-0.15, -0.1) is 10.2 Å². The Bertz CT molecular complexity index is 1650. The fraction of sp³-hybridized carbons (Fsp3) is 0.231. The van der Waals surface area contributed by atoms with Gasteiger partial charge in [-0.25, -0.2) is 9.18 Å². The van der Waals surface area contributed by atoms with Gasteiger partial charge in [0.1, 0.15) is 18.2 Å².